The van der Waals surface area contributed by atoms with Crippen molar-refractivity contribution in [1.29, 1.82) is 0 Å². The normalized spacial score (nSPS) is 18.6. The predicted octanol–water partition coefficient (Wildman–Crippen LogP) is 1.37. The van der Waals surface area contributed by atoms with Gasteiger partial charge in [-0.15, -0.1) is 0 Å². The van der Waals surface area contributed by atoms with Crippen molar-refractivity contribution in [1.82, 2.24) is 9.38 Å². The summed E-state index contributed by atoms with van der Waals surface area (Å²) in [6.07, 6.45) is 7.28. The lowest BCUT2D eigenvalue weighted by Gasteiger charge is -2.03. The van der Waals surface area contributed by atoms with E-state index in [2.05, 4.69) is 11.2 Å². The summed E-state index contributed by atoms with van der Waals surface area (Å²) < 4.78 is 2.04. The maximum atomic E-state index is 6.05. The van der Waals surface area contributed by atoms with Crippen LogP contribution in [-0.4, -0.2) is 14.9 Å². The third-order valence-corrected chi connectivity index (χ3v) is 2.84. The molecular formula is C11H13N3. The Morgan fingerprint density at radius 1 is 1.43 bits per heavy atom. The monoisotopic (exact) mass is 187 g/mol. The first kappa shape index (κ1) is 8.00. The lowest BCUT2D eigenvalue weighted by Crippen LogP contribution is -2.24. The Labute approximate surface area is 82.6 Å². The minimum absolute atomic E-state index is 0.0535. The smallest absolute Gasteiger partial charge is 0.136 e. The van der Waals surface area contributed by atoms with E-state index >= 15 is 0 Å². The second-order valence-electron chi connectivity index (χ2n) is 4.24. The SMILES string of the molecule is NC1(Cc2cn3ccccc3n2)CC1. The van der Waals surface area contributed by atoms with Gasteiger partial charge in [0.25, 0.3) is 0 Å². The van der Waals surface area contributed by atoms with Crippen LogP contribution in [0.25, 0.3) is 5.65 Å². The fraction of sp³-hybridized carbons (Fsp3) is 0.364. The predicted molar refractivity (Wildman–Crippen MR) is 55.0 cm³/mol. The molecule has 1 aliphatic rings. The van der Waals surface area contributed by atoms with Gasteiger partial charge in [0.05, 0.1) is 5.69 Å². The minimum atomic E-state index is 0.0535. The van der Waals surface area contributed by atoms with E-state index in [0.29, 0.717) is 0 Å². The van der Waals surface area contributed by atoms with Gasteiger partial charge in [0.15, 0.2) is 0 Å². The number of pyridine rings is 1. The lowest BCUT2D eigenvalue weighted by molar-refractivity contribution is 0.662. The van der Waals surface area contributed by atoms with Crippen LogP contribution in [-0.2, 0) is 6.42 Å². The summed E-state index contributed by atoms with van der Waals surface area (Å²) in [7, 11) is 0. The first-order chi connectivity index (χ1) is 6.75. The number of nitrogens with two attached hydrogens (primary N) is 1. The number of rotatable bonds is 2. The molecule has 1 aliphatic carbocycles. The Morgan fingerprint density at radius 2 is 2.29 bits per heavy atom. The molecule has 0 unspecified atom stereocenters. The Hall–Kier alpha value is -1.35. The van der Waals surface area contributed by atoms with Crippen LogP contribution in [0.2, 0.25) is 0 Å². The van der Waals surface area contributed by atoms with Crippen LogP contribution in [0.4, 0.5) is 0 Å². The van der Waals surface area contributed by atoms with Crippen LogP contribution in [0.3, 0.4) is 0 Å². The number of nitrogens with zero attached hydrogens (tertiary/aromatic N) is 2. The van der Waals surface area contributed by atoms with Gasteiger partial charge in [0, 0.05) is 24.4 Å². The van der Waals surface area contributed by atoms with E-state index in [1.807, 2.05) is 28.8 Å². The van der Waals surface area contributed by atoms with E-state index in [-0.39, 0.29) is 5.54 Å². The van der Waals surface area contributed by atoms with Crippen LogP contribution < -0.4 is 5.73 Å². The van der Waals surface area contributed by atoms with Crippen LogP contribution in [0.5, 0.6) is 0 Å². The van der Waals surface area contributed by atoms with Crippen molar-refractivity contribution in [3.63, 3.8) is 0 Å². The van der Waals surface area contributed by atoms with Crippen LogP contribution in [0.1, 0.15) is 18.5 Å². The van der Waals surface area contributed by atoms with E-state index in [1.54, 1.807) is 0 Å². The van der Waals surface area contributed by atoms with E-state index in [9.17, 15) is 0 Å². The van der Waals surface area contributed by atoms with Gasteiger partial charge >= 0.3 is 0 Å². The minimum Gasteiger partial charge on any atom is -0.325 e. The van der Waals surface area contributed by atoms with E-state index < -0.39 is 0 Å². The highest BCUT2D eigenvalue weighted by Gasteiger charge is 2.38. The molecule has 2 heterocycles. The third-order valence-electron chi connectivity index (χ3n) is 2.84. The average Bonchev–Trinajstić information content (AvgIpc) is 2.77. The van der Waals surface area contributed by atoms with Crippen molar-refractivity contribution in [3.05, 3.63) is 36.3 Å². The molecular weight excluding hydrogens is 174 g/mol. The second kappa shape index (κ2) is 2.58. The van der Waals surface area contributed by atoms with Crippen LogP contribution >= 0.6 is 0 Å². The van der Waals surface area contributed by atoms with Crippen molar-refractivity contribution in [2.24, 2.45) is 5.73 Å². The fourth-order valence-corrected chi connectivity index (χ4v) is 1.77. The summed E-state index contributed by atoms with van der Waals surface area (Å²) in [5.41, 5.74) is 8.22. The average molecular weight is 187 g/mol. The third kappa shape index (κ3) is 1.30. The summed E-state index contributed by atoms with van der Waals surface area (Å²) >= 11 is 0. The van der Waals surface area contributed by atoms with Crippen LogP contribution in [0, 0.1) is 0 Å². The molecule has 1 fully saturated rings. The first-order valence-corrected chi connectivity index (χ1v) is 4.97. The Morgan fingerprint density at radius 3 is 3.00 bits per heavy atom. The molecule has 2 aromatic rings. The number of fused-ring (bicyclic) bond motifs is 1. The topological polar surface area (TPSA) is 43.3 Å². The maximum absolute atomic E-state index is 6.05. The summed E-state index contributed by atoms with van der Waals surface area (Å²) in [5.74, 6) is 0. The van der Waals surface area contributed by atoms with Crippen LogP contribution in [0.15, 0.2) is 30.6 Å². The molecule has 0 radical (unpaired) electrons. The standard InChI is InChI=1S/C11H13N3/c12-11(4-5-11)7-9-8-14-6-2-1-3-10(14)13-9/h1-3,6,8H,4-5,7,12H2. The molecule has 0 amide bonds. The fourth-order valence-electron chi connectivity index (χ4n) is 1.77. The molecule has 2 aromatic heterocycles. The van der Waals surface area contributed by atoms with Gasteiger partial charge in [-0.05, 0) is 25.0 Å². The van der Waals surface area contributed by atoms with E-state index in [0.717, 1.165) is 30.6 Å². The maximum Gasteiger partial charge on any atom is 0.136 e. The molecule has 2 N–H and O–H groups in total. The van der Waals surface area contributed by atoms with Crippen molar-refractivity contribution in [2.45, 2.75) is 24.8 Å². The number of imidazole rings is 1. The molecule has 0 saturated heterocycles. The molecule has 14 heavy (non-hydrogen) atoms. The van der Waals surface area contributed by atoms with Crippen molar-refractivity contribution < 1.29 is 0 Å². The highest BCUT2D eigenvalue weighted by Crippen LogP contribution is 2.35. The zero-order valence-corrected chi connectivity index (χ0v) is 7.98. The summed E-state index contributed by atoms with van der Waals surface area (Å²) in [5, 5.41) is 0. The zero-order chi connectivity index (χ0) is 9.60. The highest BCUT2D eigenvalue weighted by atomic mass is 15.0. The van der Waals surface area contributed by atoms with Gasteiger partial charge in [-0.1, -0.05) is 6.07 Å². The van der Waals surface area contributed by atoms with Gasteiger partial charge in [-0.25, -0.2) is 4.98 Å². The molecule has 3 heteroatoms. The quantitative estimate of drug-likeness (QED) is 0.771. The van der Waals surface area contributed by atoms with Gasteiger partial charge < -0.3 is 10.1 Å². The Kier molecular flexibility index (Phi) is 1.47. The first-order valence-electron chi connectivity index (χ1n) is 4.97. The van der Waals surface area contributed by atoms with E-state index in [4.69, 9.17) is 5.73 Å². The van der Waals surface area contributed by atoms with Crippen molar-refractivity contribution in [2.75, 3.05) is 0 Å². The number of hydrogen-bond donors (Lipinski definition) is 1. The molecule has 1 saturated carbocycles. The molecule has 0 spiro atoms. The molecule has 0 bridgehead atoms. The van der Waals surface area contributed by atoms with Gasteiger partial charge in [0.1, 0.15) is 5.65 Å². The molecule has 3 nitrogen and oxygen atoms in total. The molecule has 0 aliphatic heterocycles. The molecule has 3 rings (SSSR count). The largest absolute Gasteiger partial charge is 0.325 e. The van der Waals surface area contributed by atoms with Crippen molar-refractivity contribution >= 4 is 5.65 Å². The zero-order valence-electron chi connectivity index (χ0n) is 7.98. The molecule has 0 aromatic carbocycles. The number of aromatic nitrogens is 2. The Bertz CT molecular complexity index is 435. The summed E-state index contributed by atoms with van der Waals surface area (Å²) in [6.45, 7) is 0. The second-order valence-corrected chi connectivity index (χ2v) is 4.24. The van der Waals surface area contributed by atoms with Gasteiger partial charge in [-0.2, -0.15) is 0 Å². The summed E-state index contributed by atoms with van der Waals surface area (Å²) in [6, 6.07) is 6.02. The molecule has 0 atom stereocenters. The Balaban J connectivity index is 1.98. The molecule has 72 valence electrons. The van der Waals surface area contributed by atoms with Crippen molar-refractivity contribution in [3.8, 4) is 0 Å². The lowest BCUT2D eigenvalue weighted by atomic mass is 10.1. The highest BCUT2D eigenvalue weighted by molar-refractivity contribution is 5.39. The van der Waals surface area contributed by atoms with Gasteiger partial charge in [-0.3, -0.25) is 0 Å². The van der Waals surface area contributed by atoms with Gasteiger partial charge in [0.2, 0.25) is 0 Å². The number of hydrogen-bond acceptors (Lipinski definition) is 2. The summed E-state index contributed by atoms with van der Waals surface area (Å²) in [4.78, 5) is 4.52. The van der Waals surface area contributed by atoms with E-state index in [1.165, 1.54) is 0 Å².